The fraction of sp³-hybridized carbons (Fsp3) is 0.0500. The molecule has 3 aromatic carbocycles. The van der Waals surface area contributed by atoms with Crippen LogP contribution in [0.25, 0.3) is 0 Å². The summed E-state index contributed by atoms with van der Waals surface area (Å²) in [7, 11) is 0. The molecule has 0 aromatic heterocycles. The van der Waals surface area contributed by atoms with Crippen molar-refractivity contribution in [2.45, 2.75) is 5.60 Å². The molecule has 0 saturated carbocycles. The summed E-state index contributed by atoms with van der Waals surface area (Å²) >= 11 is 6.37. The molecule has 0 fully saturated rings. The number of esters is 1. The van der Waals surface area contributed by atoms with Crippen molar-refractivity contribution in [1.29, 1.82) is 0 Å². The van der Waals surface area contributed by atoms with Crippen molar-refractivity contribution in [2.75, 3.05) is 0 Å². The molecule has 2 heterocycles. The third kappa shape index (κ3) is 2.14. The van der Waals surface area contributed by atoms with Gasteiger partial charge in [-0.1, -0.05) is 18.2 Å². The Morgan fingerprint density at radius 3 is 1.83 bits per heavy atom. The number of rotatable bonds is 0. The number of aromatic hydroxyl groups is 4. The Kier molecular flexibility index (Phi) is 3.63. The van der Waals surface area contributed by atoms with Gasteiger partial charge in [-0.3, -0.25) is 0 Å². The van der Waals surface area contributed by atoms with Crippen molar-refractivity contribution in [1.82, 2.24) is 0 Å². The molecule has 29 heavy (non-hydrogen) atoms. The van der Waals surface area contributed by atoms with Crippen LogP contribution in [-0.2, 0) is 10.3 Å². The number of hydrogen-bond acceptors (Lipinski definition) is 7. The van der Waals surface area contributed by atoms with E-state index in [2.05, 4.69) is 31.9 Å². The second-order valence-corrected chi connectivity index (χ2v) is 8.29. The SMILES string of the molecule is O=C1OC2(c3ccccc31)c1cc(Br)c(O)c(O)c1Oc1c2cc(Br)c(O)c1O. The van der Waals surface area contributed by atoms with Crippen LogP contribution in [-0.4, -0.2) is 26.4 Å². The predicted octanol–water partition coefficient (Wildman–Crippen LogP) is 4.60. The first-order chi connectivity index (χ1) is 13.8. The van der Waals surface area contributed by atoms with Gasteiger partial charge < -0.3 is 29.9 Å². The van der Waals surface area contributed by atoms with E-state index in [1.165, 1.54) is 12.1 Å². The van der Waals surface area contributed by atoms with Gasteiger partial charge in [0, 0.05) is 5.56 Å². The van der Waals surface area contributed by atoms with Gasteiger partial charge in [0.25, 0.3) is 0 Å². The van der Waals surface area contributed by atoms with E-state index in [0.717, 1.165) is 0 Å². The highest BCUT2D eigenvalue weighted by atomic mass is 79.9. The van der Waals surface area contributed by atoms with Gasteiger partial charge in [-0.2, -0.15) is 0 Å². The van der Waals surface area contributed by atoms with Gasteiger partial charge in [-0.05, 0) is 50.1 Å². The Balaban J connectivity index is 1.99. The molecule has 0 unspecified atom stereocenters. The smallest absolute Gasteiger partial charge is 0.340 e. The Labute approximate surface area is 180 Å². The van der Waals surface area contributed by atoms with E-state index >= 15 is 0 Å². The lowest BCUT2D eigenvalue weighted by molar-refractivity contribution is 0.0219. The van der Waals surface area contributed by atoms with E-state index in [-0.39, 0.29) is 31.6 Å². The Hall–Kier alpha value is -2.91. The van der Waals surface area contributed by atoms with Crippen molar-refractivity contribution in [2.24, 2.45) is 0 Å². The highest BCUT2D eigenvalue weighted by Crippen LogP contribution is 2.63. The lowest BCUT2D eigenvalue weighted by atomic mass is 9.77. The molecule has 5 rings (SSSR count). The molecule has 0 amide bonds. The number of carbonyl (C=O) groups excluding carboxylic acids is 1. The molecule has 0 bridgehead atoms. The molecular weight excluding hydrogens is 512 g/mol. The average molecular weight is 522 g/mol. The average Bonchev–Trinajstić information content (AvgIpc) is 3.00. The van der Waals surface area contributed by atoms with Gasteiger partial charge in [-0.15, -0.1) is 0 Å². The van der Waals surface area contributed by atoms with E-state index in [1.54, 1.807) is 24.3 Å². The Morgan fingerprint density at radius 1 is 0.759 bits per heavy atom. The molecule has 146 valence electrons. The lowest BCUT2D eigenvalue weighted by Crippen LogP contribution is -2.33. The van der Waals surface area contributed by atoms with E-state index in [1.807, 2.05) is 0 Å². The Morgan fingerprint density at radius 2 is 1.28 bits per heavy atom. The zero-order chi connectivity index (χ0) is 20.7. The number of hydrogen-bond donors (Lipinski definition) is 4. The Bertz CT molecular complexity index is 1190. The molecule has 2 aliphatic rings. The fourth-order valence-electron chi connectivity index (χ4n) is 3.81. The molecule has 2 aliphatic heterocycles. The highest BCUT2D eigenvalue weighted by Gasteiger charge is 2.55. The highest BCUT2D eigenvalue weighted by molar-refractivity contribution is 9.10. The molecule has 0 saturated heterocycles. The van der Waals surface area contributed by atoms with Crippen LogP contribution >= 0.6 is 31.9 Å². The first kappa shape index (κ1) is 18.1. The van der Waals surface area contributed by atoms with E-state index in [4.69, 9.17) is 9.47 Å². The summed E-state index contributed by atoms with van der Waals surface area (Å²) in [6, 6.07) is 9.65. The van der Waals surface area contributed by atoms with Crippen molar-refractivity contribution in [3.05, 3.63) is 67.6 Å². The standard InChI is InChI=1S/C20H10Br2O7/c21-11-5-9-17(15(25)13(11)23)28-18-10(6-12(22)14(24)16(18)26)20(9)8-4-2-1-3-7(8)19(27)29-20/h1-6,23-26H. The van der Waals surface area contributed by atoms with Crippen LogP contribution < -0.4 is 4.74 Å². The maximum atomic E-state index is 12.7. The number of phenols is 4. The molecule has 4 N–H and O–H groups in total. The van der Waals surface area contributed by atoms with E-state index < -0.39 is 34.6 Å². The second-order valence-electron chi connectivity index (χ2n) is 6.58. The van der Waals surface area contributed by atoms with Crippen LogP contribution in [0.2, 0.25) is 0 Å². The van der Waals surface area contributed by atoms with E-state index in [0.29, 0.717) is 11.1 Å². The van der Waals surface area contributed by atoms with Crippen LogP contribution in [0.4, 0.5) is 0 Å². The van der Waals surface area contributed by atoms with Crippen LogP contribution in [0, 0.1) is 0 Å². The van der Waals surface area contributed by atoms with E-state index in [9.17, 15) is 25.2 Å². The largest absolute Gasteiger partial charge is 0.503 e. The third-order valence-electron chi connectivity index (χ3n) is 5.10. The maximum Gasteiger partial charge on any atom is 0.340 e. The zero-order valence-electron chi connectivity index (χ0n) is 14.2. The molecule has 1 spiro atoms. The number of halogens is 2. The molecule has 3 aromatic rings. The predicted molar refractivity (Wildman–Crippen MR) is 107 cm³/mol. The van der Waals surface area contributed by atoms with Crippen LogP contribution in [0.3, 0.4) is 0 Å². The van der Waals surface area contributed by atoms with Gasteiger partial charge in [0.1, 0.15) is 0 Å². The summed E-state index contributed by atoms with van der Waals surface area (Å²) in [6.07, 6.45) is 0. The maximum absolute atomic E-state index is 12.7. The van der Waals surface area contributed by atoms with Gasteiger partial charge in [0.15, 0.2) is 28.6 Å². The molecule has 7 nitrogen and oxygen atoms in total. The summed E-state index contributed by atoms with van der Waals surface area (Å²) in [5.41, 5.74) is -0.341. The number of fused-ring (bicyclic) bond motifs is 6. The summed E-state index contributed by atoms with van der Waals surface area (Å²) < 4.78 is 11.9. The number of phenolic OH excluding ortho intramolecular Hbond substituents is 4. The van der Waals surface area contributed by atoms with Crippen LogP contribution in [0.1, 0.15) is 27.0 Å². The topological polar surface area (TPSA) is 116 Å². The molecule has 9 heteroatoms. The summed E-state index contributed by atoms with van der Waals surface area (Å²) in [6.45, 7) is 0. The van der Waals surface area contributed by atoms with Crippen molar-refractivity contribution in [3.8, 4) is 34.5 Å². The molecule has 0 atom stereocenters. The third-order valence-corrected chi connectivity index (χ3v) is 6.31. The monoisotopic (exact) mass is 520 g/mol. The van der Waals surface area contributed by atoms with Crippen molar-refractivity contribution < 1.29 is 34.7 Å². The summed E-state index contributed by atoms with van der Waals surface area (Å²) in [4.78, 5) is 12.7. The lowest BCUT2D eigenvalue weighted by Gasteiger charge is -2.37. The van der Waals surface area contributed by atoms with Gasteiger partial charge in [0.05, 0.1) is 25.6 Å². The minimum atomic E-state index is -1.59. The first-order valence-electron chi connectivity index (χ1n) is 8.28. The minimum absolute atomic E-state index is 0.155. The molecule has 0 radical (unpaired) electrons. The number of ether oxygens (including phenoxy) is 2. The van der Waals surface area contributed by atoms with Gasteiger partial charge >= 0.3 is 5.97 Å². The zero-order valence-corrected chi connectivity index (χ0v) is 17.4. The normalized spacial score (nSPS) is 15.3. The molecule has 0 aliphatic carbocycles. The van der Waals surface area contributed by atoms with Gasteiger partial charge in [-0.25, -0.2) is 4.79 Å². The summed E-state index contributed by atoms with van der Waals surface area (Å²) in [5, 5.41) is 41.4. The van der Waals surface area contributed by atoms with Gasteiger partial charge in [0.2, 0.25) is 11.5 Å². The van der Waals surface area contributed by atoms with Crippen LogP contribution in [0.5, 0.6) is 34.5 Å². The minimum Gasteiger partial charge on any atom is -0.503 e. The second kappa shape index (κ2) is 5.80. The molecular formula is C20H10Br2O7. The van der Waals surface area contributed by atoms with Crippen molar-refractivity contribution in [3.63, 3.8) is 0 Å². The first-order valence-corrected chi connectivity index (χ1v) is 9.86. The number of carbonyl (C=O) groups is 1. The van der Waals surface area contributed by atoms with Crippen LogP contribution in [0.15, 0.2) is 45.3 Å². The summed E-state index contributed by atoms with van der Waals surface area (Å²) in [5.74, 6) is -3.21. The number of benzene rings is 3. The van der Waals surface area contributed by atoms with Crippen molar-refractivity contribution >= 4 is 37.8 Å². The quantitative estimate of drug-likeness (QED) is 0.252. The fourth-order valence-corrected chi connectivity index (χ4v) is 4.65.